The Bertz CT molecular complexity index is 1360. The van der Waals surface area contributed by atoms with Crippen molar-refractivity contribution in [1.82, 2.24) is 5.32 Å². The molecular formula is C39H52N2O2. The minimum atomic E-state index is -0.529. The zero-order valence-electron chi connectivity index (χ0n) is 27.8. The molecule has 1 aliphatic rings. The molecule has 230 valence electrons. The van der Waals surface area contributed by atoms with Crippen molar-refractivity contribution in [2.75, 3.05) is 0 Å². The van der Waals surface area contributed by atoms with Crippen LogP contribution in [-0.4, -0.2) is 11.7 Å². The summed E-state index contributed by atoms with van der Waals surface area (Å²) in [4.78, 5) is 12.2. The predicted octanol–water partition coefficient (Wildman–Crippen LogP) is 10.6. The fourth-order valence-electron chi connectivity index (χ4n) is 4.74. The summed E-state index contributed by atoms with van der Waals surface area (Å²) < 4.78 is 5.39. The van der Waals surface area contributed by atoms with Crippen molar-refractivity contribution in [2.45, 2.75) is 99.6 Å². The highest BCUT2D eigenvalue weighted by atomic mass is 16.6. The molecule has 3 rings (SSSR count). The normalized spacial score (nSPS) is 17.5. The van der Waals surface area contributed by atoms with E-state index in [-0.39, 0.29) is 0 Å². The first-order valence-corrected chi connectivity index (χ1v) is 15.5. The molecule has 1 aliphatic carbocycles. The summed E-state index contributed by atoms with van der Waals surface area (Å²) >= 11 is 0. The molecule has 0 atom stereocenters. The van der Waals surface area contributed by atoms with Gasteiger partial charge in [0.05, 0.1) is 11.6 Å². The number of ether oxygens (including phenoxy) is 1. The zero-order chi connectivity index (χ0) is 32.4. The van der Waals surface area contributed by atoms with E-state index in [4.69, 9.17) is 4.74 Å². The number of hydrogen-bond donors (Lipinski definition) is 1. The molecule has 4 heteroatoms. The number of benzene rings is 2. The van der Waals surface area contributed by atoms with E-state index in [1.165, 1.54) is 27.8 Å². The predicted molar refractivity (Wildman–Crippen MR) is 184 cm³/mol. The van der Waals surface area contributed by atoms with Crippen LogP contribution in [0.15, 0.2) is 96.6 Å². The summed E-state index contributed by atoms with van der Waals surface area (Å²) in [5.41, 5.74) is 9.83. The number of carbonyl (C=O) groups is 1. The third-order valence-electron chi connectivity index (χ3n) is 6.55. The molecule has 1 N–H and O–H groups in total. The molecule has 2 aromatic carbocycles. The molecule has 0 spiro atoms. The lowest BCUT2D eigenvalue weighted by Crippen LogP contribution is -2.32. The maximum atomic E-state index is 12.2. The molecule has 0 radical (unpaired) electrons. The van der Waals surface area contributed by atoms with Gasteiger partial charge in [-0.3, -0.25) is 0 Å². The topological polar surface area (TPSA) is 62.1 Å². The van der Waals surface area contributed by atoms with Gasteiger partial charge in [-0.05, 0) is 111 Å². The number of alkyl carbamates (subject to hydrolysis) is 1. The van der Waals surface area contributed by atoms with E-state index < -0.39 is 11.7 Å². The van der Waals surface area contributed by atoms with Gasteiger partial charge in [-0.2, -0.15) is 5.26 Å². The lowest BCUT2D eigenvalue weighted by Gasteiger charge is -2.19. The Labute approximate surface area is 261 Å². The van der Waals surface area contributed by atoms with Crippen molar-refractivity contribution in [3.8, 4) is 6.07 Å². The van der Waals surface area contributed by atoms with Gasteiger partial charge in [-0.1, -0.05) is 88.3 Å². The van der Waals surface area contributed by atoms with Crippen molar-refractivity contribution < 1.29 is 9.53 Å². The smallest absolute Gasteiger partial charge is 0.407 e. The van der Waals surface area contributed by atoms with Crippen LogP contribution in [0.5, 0.6) is 0 Å². The van der Waals surface area contributed by atoms with Crippen LogP contribution < -0.4 is 5.32 Å². The maximum Gasteiger partial charge on any atom is 0.407 e. The largest absolute Gasteiger partial charge is 0.444 e. The second-order valence-electron chi connectivity index (χ2n) is 11.2. The summed E-state index contributed by atoms with van der Waals surface area (Å²) in [7, 11) is 0. The summed E-state index contributed by atoms with van der Waals surface area (Å²) in [6.45, 7) is 22.5. The Morgan fingerprint density at radius 3 is 2.26 bits per heavy atom. The van der Waals surface area contributed by atoms with Gasteiger partial charge in [-0.25, -0.2) is 4.79 Å². The van der Waals surface area contributed by atoms with Crippen LogP contribution >= 0.6 is 0 Å². The lowest BCUT2D eigenvalue weighted by atomic mass is 9.91. The van der Waals surface area contributed by atoms with Crippen LogP contribution in [0, 0.1) is 11.3 Å². The second kappa shape index (κ2) is 19.2. The van der Waals surface area contributed by atoms with Crippen LogP contribution in [0.2, 0.25) is 0 Å². The number of hydrogen-bond acceptors (Lipinski definition) is 3. The number of carbonyl (C=O) groups excluding carboxylic acids is 1. The maximum absolute atomic E-state index is 12.2. The first-order chi connectivity index (χ1) is 20.6. The fraction of sp³-hybridized carbons (Fsp3) is 0.385. The van der Waals surface area contributed by atoms with Crippen LogP contribution in [0.4, 0.5) is 4.79 Å². The highest BCUT2D eigenvalue weighted by molar-refractivity contribution is 5.78. The molecular weight excluding hydrogens is 528 g/mol. The first-order valence-electron chi connectivity index (χ1n) is 15.5. The van der Waals surface area contributed by atoms with E-state index in [0.717, 1.165) is 54.4 Å². The van der Waals surface area contributed by atoms with E-state index >= 15 is 0 Å². The number of nitrogens with zero attached hydrogens (tertiary/aromatic N) is 1. The average Bonchev–Trinajstić information content (AvgIpc) is 2.99. The molecule has 43 heavy (non-hydrogen) atoms. The van der Waals surface area contributed by atoms with Gasteiger partial charge < -0.3 is 10.1 Å². The van der Waals surface area contributed by atoms with Gasteiger partial charge in [-0.15, -0.1) is 13.2 Å². The fourth-order valence-corrected chi connectivity index (χ4v) is 4.74. The van der Waals surface area contributed by atoms with Crippen LogP contribution in [0.3, 0.4) is 0 Å². The number of rotatable bonds is 9. The molecule has 0 heterocycles. The van der Waals surface area contributed by atoms with Crippen LogP contribution in [0.25, 0.3) is 5.57 Å². The lowest BCUT2D eigenvalue weighted by molar-refractivity contribution is 0.0523. The molecule has 0 bridgehead atoms. The van der Waals surface area contributed by atoms with Crippen molar-refractivity contribution >= 4 is 11.7 Å². The Morgan fingerprint density at radius 1 is 0.907 bits per heavy atom. The van der Waals surface area contributed by atoms with Crippen LogP contribution in [-0.2, 0) is 24.1 Å². The number of amides is 1. The van der Waals surface area contributed by atoms with Gasteiger partial charge in [0.2, 0.25) is 0 Å². The van der Waals surface area contributed by atoms with E-state index in [1.807, 2.05) is 52.8 Å². The number of aryl methyl sites for hydroxylation is 2. The number of nitrogens with one attached hydrogen (secondary N) is 1. The molecule has 0 saturated carbocycles. The monoisotopic (exact) mass is 580 g/mol. The van der Waals surface area contributed by atoms with Gasteiger partial charge in [0.15, 0.2) is 0 Å². The van der Waals surface area contributed by atoms with Gasteiger partial charge >= 0.3 is 6.09 Å². The summed E-state index contributed by atoms with van der Waals surface area (Å²) in [6.07, 6.45) is 13.5. The van der Waals surface area contributed by atoms with Crippen molar-refractivity contribution in [1.29, 1.82) is 5.26 Å². The van der Waals surface area contributed by atoms with E-state index in [1.54, 1.807) is 0 Å². The van der Waals surface area contributed by atoms with Crippen molar-refractivity contribution in [3.63, 3.8) is 0 Å². The molecule has 0 aliphatic heterocycles. The van der Waals surface area contributed by atoms with E-state index in [0.29, 0.717) is 6.54 Å². The highest BCUT2D eigenvalue weighted by Crippen LogP contribution is 2.28. The zero-order valence-corrected chi connectivity index (χ0v) is 27.8. The molecule has 0 aromatic heterocycles. The summed E-state index contributed by atoms with van der Waals surface area (Å²) in [6, 6.07) is 16.7. The van der Waals surface area contributed by atoms with Crippen LogP contribution in [0.1, 0.15) is 102 Å². The number of nitriles is 1. The van der Waals surface area contributed by atoms with Crippen molar-refractivity contribution in [3.05, 3.63) is 124 Å². The number of allylic oxidation sites excluding steroid dienone is 8. The van der Waals surface area contributed by atoms with E-state index in [2.05, 4.69) is 93.9 Å². The molecule has 4 nitrogen and oxygen atoms in total. The second-order valence-corrected chi connectivity index (χ2v) is 11.2. The Kier molecular flexibility index (Phi) is 16.5. The molecule has 0 saturated heterocycles. The average molecular weight is 581 g/mol. The Morgan fingerprint density at radius 2 is 1.63 bits per heavy atom. The Hall–Kier alpha value is -4.10. The SMILES string of the molecule is C=C.CC.CCCc1ccc(C#N)cc1CCC1=C/C(C)=C/C(CC)=C/C(c2cccc(CNC(=O)OC(C)(C)C)c2)=C\1. The highest BCUT2D eigenvalue weighted by Gasteiger charge is 2.16. The summed E-state index contributed by atoms with van der Waals surface area (Å²) in [5.74, 6) is 0. The van der Waals surface area contributed by atoms with Gasteiger partial charge in [0, 0.05) is 6.54 Å². The molecule has 0 unspecified atom stereocenters. The van der Waals surface area contributed by atoms with Gasteiger partial charge in [0.1, 0.15) is 5.60 Å². The van der Waals surface area contributed by atoms with E-state index in [9.17, 15) is 10.1 Å². The molecule has 2 aromatic rings. The third-order valence-corrected chi connectivity index (χ3v) is 6.55. The Balaban J connectivity index is 0.00000221. The standard InChI is InChI=1S/C35H42N2O2.C2H6.C2H4/c1-7-10-30-15-14-28(23-36)21-32(30)16-13-27-18-25(3)17-26(8-2)19-33(20-27)31-12-9-11-29(22-31)24-37-34(38)39-35(4,5)6;2*1-2/h9,11-12,14-15,17-22H,7-8,10,13,16,24H2,1-6H3,(H,37,38);1-2H3;1-2H2/b25-17+,25-18?,26-17?,26-19+,27-18-,27-20?,33-19?,33-20+;;. The molecule has 1 amide bonds. The third kappa shape index (κ3) is 13.2. The molecule has 0 fully saturated rings. The minimum Gasteiger partial charge on any atom is -0.444 e. The van der Waals surface area contributed by atoms with Gasteiger partial charge in [0.25, 0.3) is 0 Å². The quantitative estimate of drug-likeness (QED) is 0.300. The first kappa shape index (κ1) is 36.9. The summed E-state index contributed by atoms with van der Waals surface area (Å²) in [5, 5.41) is 12.3. The minimum absolute atomic E-state index is 0.400. The van der Waals surface area contributed by atoms with Crippen molar-refractivity contribution in [2.24, 2.45) is 0 Å².